The van der Waals surface area contributed by atoms with E-state index in [1.54, 1.807) is 6.20 Å². The predicted octanol–water partition coefficient (Wildman–Crippen LogP) is 1.68. The fraction of sp³-hybridized carbons (Fsp3) is 0.688. The fourth-order valence-electron chi connectivity index (χ4n) is 3.33. The topological polar surface area (TPSA) is 68.4 Å². The molecule has 1 aromatic rings. The third-order valence-corrected chi connectivity index (χ3v) is 4.81. The largest absolute Gasteiger partial charge is 0.395 e. The van der Waals surface area contributed by atoms with Crippen LogP contribution in [-0.2, 0) is 0 Å². The van der Waals surface area contributed by atoms with Crippen molar-refractivity contribution < 1.29 is 9.90 Å². The van der Waals surface area contributed by atoms with E-state index >= 15 is 0 Å². The number of nitrogens with zero attached hydrogens (tertiary/aromatic N) is 1. The Kier molecular flexibility index (Phi) is 5.42. The highest BCUT2D eigenvalue weighted by atomic mass is 16.3. The average molecular weight is 293 g/mol. The van der Waals surface area contributed by atoms with Gasteiger partial charge < -0.3 is 15.4 Å². The number of aliphatic hydroxyl groups excluding tert-OH is 1. The van der Waals surface area contributed by atoms with Crippen molar-refractivity contribution in [3.8, 4) is 0 Å². The van der Waals surface area contributed by atoms with Crippen molar-refractivity contribution in [3.63, 3.8) is 0 Å². The summed E-state index contributed by atoms with van der Waals surface area (Å²) in [7, 11) is 2.05. The summed E-state index contributed by atoms with van der Waals surface area (Å²) < 4.78 is 0. The number of aryl methyl sites for hydroxylation is 1. The van der Waals surface area contributed by atoms with Crippen molar-refractivity contribution in [2.24, 2.45) is 0 Å². The van der Waals surface area contributed by atoms with Crippen molar-refractivity contribution >= 4 is 5.91 Å². The highest BCUT2D eigenvalue weighted by Gasteiger charge is 2.36. The molecule has 0 spiro atoms. The third-order valence-electron chi connectivity index (χ3n) is 4.81. The molecule has 21 heavy (non-hydrogen) atoms. The van der Waals surface area contributed by atoms with Crippen molar-refractivity contribution in [3.05, 3.63) is 23.5 Å². The molecule has 118 valence electrons. The molecule has 5 nitrogen and oxygen atoms in total. The van der Waals surface area contributed by atoms with E-state index in [4.69, 9.17) is 0 Å². The van der Waals surface area contributed by atoms with Crippen LogP contribution < -0.4 is 5.32 Å². The van der Waals surface area contributed by atoms with Crippen molar-refractivity contribution in [2.75, 3.05) is 26.7 Å². The van der Waals surface area contributed by atoms with Crippen LogP contribution in [0.4, 0.5) is 0 Å². The zero-order valence-electron chi connectivity index (χ0n) is 13.1. The van der Waals surface area contributed by atoms with Gasteiger partial charge in [0.1, 0.15) is 0 Å². The molecule has 0 atom stereocenters. The molecule has 0 bridgehead atoms. The number of hydrogen-bond acceptors (Lipinski definition) is 3. The SMILES string of the molecule is Cc1[nH]ccc1C(=O)NCC1(N(C)CCO)CCCCC1. The molecule has 5 heteroatoms. The van der Waals surface area contributed by atoms with Crippen molar-refractivity contribution in [2.45, 2.75) is 44.6 Å². The smallest absolute Gasteiger partial charge is 0.253 e. The van der Waals surface area contributed by atoms with E-state index in [9.17, 15) is 9.90 Å². The average Bonchev–Trinajstić information content (AvgIpc) is 2.92. The van der Waals surface area contributed by atoms with Crippen LogP contribution in [0.3, 0.4) is 0 Å². The van der Waals surface area contributed by atoms with Gasteiger partial charge in [-0.15, -0.1) is 0 Å². The van der Waals surface area contributed by atoms with E-state index in [2.05, 4.69) is 22.2 Å². The maximum absolute atomic E-state index is 12.3. The minimum atomic E-state index is -0.0175. The van der Waals surface area contributed by atoms with Gasteiger partial charge in [0, 0.05) is 30.5 Å². The number of β-amino-alcohol motifs (C(OH)–C–C–N with tert-alkyl or cyclic N) is 1. The van der Waals surface area contributed by atoms with E-state index in [0.717, 1.165) is 18.5 Å². The number of aliphatic hydroxyl groups is 1. The Balaban J connectivity index is 2.02. The molecular formula is C16H27N3O2. The van der Waals surface area contributed by atoms with Crippen molar-refractivity contribution in [1.82, 2.24) is 15.2 Å². The minimum Gasteiger partial charge on any atom is -0.395 e. The van der Waals surface area contributed by atoms with Gasteiger partial charge in [0.05, 0.1) is 12.2 Å². The van der Waals surface area contributed by atoms with Crippen LogP contribution in [0, 0.1) is 6.92 Å². The highest BCUT2D eigenvalue weighted by Crippen LogP contribution is 2.32. The van der Waals surface area contributed by atoms with E-state index < -0.39 is 0 Å². The summed E-state index contributed by atoms with van der Waals surface area (Å²) in [6.07, 6.45) is 7.59. The quantitative estimate of drug-likeness (QED) is 0.747. The zero-order valence-corrected chi connectivity index (χ0v) is 13.1. The van der Waals surface area contributed by atoms with Gasteiger partial charge in [-0.3, -0.25) is 9.69 Å². The molecule has 1 amide bonds. The second-order valence-corrected chi connectivity index (χ2v) is 6.13. The molecule has 1 fully saturated rings. The molecule has 3 N–H and O–H groups in total. The van der Waals surface area contributed by atoms with E-state index in [-0.39, 0.29) is 18.1 Å². The van der Waals surface area contributed by atoms with E-state index in [1.165, 1.54) is 19.3 Å². The summed E-state index contributed by atoms with van der Waals surface area (Å²) in [5.41, 5.74) is 1.60. The Morgan fingerprint density at radius 3 is 2.71 bits per heavy atom. The lowest BCUT2D eigenvalue weighted by atomic mass is 9.80. The van der Waals surface area contributed by atoms with Crippen LogP contribution in [0.5, 0.6) is 0 Å². The van der Waals surface area contributed by atoms with Crippen LogP contribution in [0.1, 0.15) is 48.2 Å². The second kappa shape index (κ2) is 7.09. The molecule has 1 heterocycles. The predicted molar refractivity (Wildman–Crippen MR) is 83.4 cm³/mol. The Morgan fingerprint density at radius 2 is 2.14 bits per heavy atom. The van der Waals surface area contributed by atoms with Crippen LogP contribution in [0.25, 0.3) is 0 Å². The molecule has 1 saturated carbocycles. The molecule has 0 aliphatic heterocycles. The Bertz CT molecular complexity index is 464. The van der Waals surface area contributed by atoms with Gasteiger partial charge in [-0.1, -0.05) is 19.3 Å². The number of aromatic nitrogens is 1. The minimum absolute atomic E-state index is 0.0130. The molecule has 1 aliphatic rings. The molecule has 0 radical (unpaired) electrons. The van der Waals surface area contributed by atoms with E-state index in [0.29, 0.717) is 18.7 Å². The van der Waals surface area contributed by atoms with Gasteiger partial charge in [-0.05, 0) is 32.9 Å². The molecular weight excluding hydrogens is 266 g/mol. The number of carbonyl (C=O) groups is 1. The lowest BCUT2D eigenvalue weighted by Crippen LogP contribution is -2.56. The molecule has 1 aliphatic carbocycles. The number of aromatic amines is 1. The Morgan fingerprint density at radius 1 is 1.43 bits per heavy atom. The molecule has 0 aromatic carbocycles. The first-order chi connectivity index (χ1) is 10.1. The highest BCUT2D eigenvalue weighted by molar-refractivity contribution is 5.95. The maximum atomic E-state index is 12.3. The van der Waals surface area contributed by atoms with E-state index in [1.807, 2.05) is 13.0 Å². The second-order valence-electron chi connectivity index (χ2n) is 6.13. The summed E-state index contributed by atoms with van der Waals surface area (Å²) in [5.74, 6) is -0.0175. The number of H-pyrrole nitrogens is 1. The lowest BCUT2D eigenvalue weighted by molar-refractivity contribution is 0.0548. The van der Waals surface area contributed by atoms with Crippen LogP contribution in [0.2, 0.25) is 0 Å². The summed E-state index contributed by atoms with van der Waals surface area (Å²) in [4.78, 5) is 17.5. The van der Waals surface area contributed by atoms with Gasteiger partial charge in [0.15, 0.2) is 0 Å². The summed E-state index contributed by atoms with van der Waals surface area (Å²) >= 11 is 0. The molecule has 0 saturated heterocycles. The maximum Gasteiger partial charge on any atom is 0.253 e. The van der Waals surface area contributed by atoms with Crippen LogP contribution in [0.15, 0.2) is 12.3 Å². The van der Waals surface area contributed by atoms with Gasteiger partial charge in [0.25, 0.3) is 5.91 Å². The normalized spacial score (nSPS) is 17.9. The lowest BCUT2D eigenvalue weighted by Gasteiger charge is -2.44. The summed E-state index contributed by atoms with van der Waals surface area (Å²) in [5, 5.41) is 12.3. The number of carbonyl (C=O) groups excluding carboxylic acids is 1. The third kappa shape index (κ3) is 3.66. The Labute approximate surface area is 126 Å². The first kappa shape index (κ1) is 16.0. The first-order valence-electron chi connectivity index (χ1n) is 7.83. The number of nitrogens with one attached hydrogen (secondary N) is 2. The monoisotopic (exact) mass is 293 g/mol. The van der Waals surface area contributed by atoms with Crippen LogP contribution in [-0.4, -0.2) is 53.2 Å². The van der Waals surface area contributed by atoms with Crippen molar-refractivity contribution in [1.29, 1.82) is 0 Å². The molecule has 2 rings (SSSR count). The van der Waals surface area contributed by atoms with Crippen LogP contribution >= 0.6 is 0 Å². The standard InChI is InChI=1S/C16H27N3O2/c1-13-14(6-9-17-13)15(21)18-12-16(19(2)10-11-20)7-4-3-5-8-16/h6,9,17,20H,3-5,7-8,10-12H2,1-2H3,(H,18,21). The van der Waals surface area contributed by atoms with Gasteiger partial charge in [-0.25, -0.2) is 0 Å². The van der Waals surface area contributed by atoms with Gasteiger partial charge >= 0.3 is 0 Å². The Hall–Kier alpha value is -1.33. The van der Waals surface area contributed by atoms with Gasteiger partial charge in [-0.2, -0.15) is 0 Å². The first-order valence-corrected chi connectivity index (χ1v) is 7.83. The number of likely N-dealkylation sites (N-methyl/N-ethyl adjacent to an activating group) is 1. The fourth-order valence-corrected chi connectivity index (χ4v) is 3.33. The number of rotatable bonds is 6. The zero-order chi connectivity index (χ0) is 15.3. The molecule has 1 aromatic heterocycles. The number of amides is 1. The summed E-state index contributed by atoms with van der Waals surface area (Å²) in [6.45, 7) is 3.36. The molecule has 0 unspecified atom stereocenters. The van der Waals surface area contributed by atoms with Gasteiger partial charge in [0.2, 0.25) is 0 Å². The number of hydrogen-bond donors (Lipinski definition) is 3. The summed E-state index contributed by atoms with van der Waals surface area (Å²) in [6, 6.07) is 1.82.